The molecule has 0 saturated heterocycles. The van der Waals surface area contributed by atoms with Crippen LogP contribution < -0.4 is 0 Å². The van der Waals surface area contributed by atoms with Gasteiger partial charge >= 0.3 is 11.9 Å². The largest absolute Gasteiger partial charge is 0.465 e. The number of aryl methyl sites for hydroxylation is 2. The molecule has 4 aliphatic carbocycles. The van der Waals surface area contributed by atoms with E-state index in [9.17, 15) is 19.2 Å². The maximum Gasteiger partial charge on any atom is 0.312 e. The van der Waals surface area contributed by atoms with Gasteiger partial charge in [0.2, 0.25) is 0 Å². The standard InChI is InChI=1S/C51H64N4O6/c1-32(2)36-26-34-12-14-42-48(5,40(34)28-38(36)44(56)54-22-20-52-30-54)16-9-18-50(42,7)46(58)60-24-11-25-61-47(59)51(8)19-10-17-49(6)41-29-39(45(57)55-23-21-53-31-55)37(33(3)4)27-35(41)13-15-43(49)51/h20-23,26-33,42-43H,9-19,24-25H2,1-8H3. The summed E-state index contributed by atoms with van der Waals surface area (Å²) in [5.74, 6) is -0.0621. The van der Waals surface area contributed by atoms with Gasteiger partial charge in [0.1, 0.15) is 12.7 Å². The molecule has 2 fully saturated rings. The number of fused-ring (bicyclic) bond motifs is 6. The Morgan fingerprint density at radius 3 is 1.41 bits per heavy atom. The predicted molar refractivity (Wildman–Crippen MR) is 234 cm³/mol. The number of nitrogens with zero attached hydrogens (tertiary/aromatic N) is 4. The lowest BCUT2D eigenvalue weighted by molar-refractivity contribution is -0.167. The molecule has 0 radical (unpaired) electrons. The van der Waals surface area contributed by atoms with E-state index in [1.807, 2.05) is 0 Å². The van der Waals surface area contributed by atoms with Crippen LogP contribution in [0.5, 0.6) is 0 Å². The van der Waals surface area contributed by atoms with Crippen molar-refractivity contribution >= 4 is 23.8 Å². The molecule has 6 atom stereocenters. The molecule has 2 saturated carbocycles. The summed E-state index contributed by atoms with van der Waals surface area (Å²) in [4.78, 5) is 64.1. The molecule has 2 aromatic heterocycles. The van der Waals surface area contributed by atoms with Gasteiger partial charge in [-0.2, -0.15) is 0 Å². The maximum absolute atomic E-state index is 14.2. The van der Waals surface area contributed by atoms with Gasteiger partial charge in [0.15, 0.2) is 0 Å². The van der Waals surface area contributed by atoms with Crippen molar-refractivity contribution in [1.29, 1.82) is 0 Å². The van der Waals surface area contributed by atoms with E-state index < -0.39 is 10.8 Å². The monoisotopic (exact) mass is 828 g/mol. The lowest BCUT2D eigenvalue weighted by atomic mass is 9.49. The zero-order chi connectivity index (χ0) is 43.5. The fourth-order valence-corrected chi connectivity index (χ4v) is 12.6. The van der Waals surface area contributed by atoms with Crippen LogP contribution in [0, 0.1) is 22.7 Å². The SMILES string of the molecule is CC(C)c1cc2c(cc1C(=O)n1ccnc1)C1(C)CCCC(C)(C(=O)OCCCOC(=O)C3(C)CCCC4(C)c5cc(C(=O)n6ccnc6)c(C(C)C)cc5CCC34)C1CC2. The van der Waals surface area contributed by atoms with Crippen molar-refractivity contribution in [2.75, 3.05) is 13.2 Å². The number of esters is 2. The van der Waals surface area contributed by atoms with Crippen LogP contribution in [-0.4, -0.2) is 56.1 Å². The quantitative estimate of drug-likeness (QED) is 0.114. The van der Waals surface area contributed by atoms with E-state index in [0.29, 0.717) is 17.5 Å². The average molecular weight is 829 g/mol. The Labute approximate surface area is 361 Å². The molecule has 0 spiro atoms. The van der Waals surface area contributed by atoms with Crippen LogP contribution in [0.4, 0.5) is 0 Å². The second-order valence-corrected chi connectivity index (χ2v) is 20.2. The van der Waals surface area contributed by atoms with Gasteiger partial charge in [-0.15, -0.1) is 0 Å². The van der Waals surface area contributed by atoms with Crippen molar-refractivity contribution in [3.8, 4) is 0 Å². The van der Waals surface area contributed by atoms with Crippen molar-refractivity contribution in [2.45, 2.75) is 149 Å². The van der Waals surface area contributed by atoms with Gasteiger partial charge < -0.3 is 9.47 Å². The molecule has 61 heavy (non-hydrogen) atoms. The third-order valence-electron chi connectivity index (χ3n) is 15.9. The molecule has 0 aliphatic heterocycles. The summed E-state index contributed by atoms with van der Waals surface area (Å²) in [5, 5.41) is 0. The van der Waals surface area contributed by atoms with E-state index in [4.69, 9.17) is 9.47 Å². The van der Waals surface area contributed by atoms with Crippen LogP contribution in [0.3, 0.4) is 0 Å². The topological polar surface area (TPSA) is 122 Å². The molecule has 4 aromatic rings. The lowest BCUT2D eigenvalue weighted by Gasteiger charge is -2.54. The third-order valence-corrected chi connectivity index (χ3v) is 15.9. The summed E-state index contributed by atoms with van der Waals surface area (Å²) in [6, 6.07) is 8.72. The van der Waals surface area contributed by atoms with Crippen molar-refractivity contribution in [1.82, 2.24) is 19.1 Å². The van der Waals surface area contributed by atoms with Gasteiger partial charge in [-0.1, -0.05) is 66.5 Å². The van der Waals surface area contributed by atoms with E-state index in [-0.39, 0.29) is 71.5 Å². The Kier molecular flexibility index (Phi) is 11.3. The Bertz CT molecular complexity index is 2170. The highest BCUT2D eigenvalue weighted by molar-refractivity contribution is 5.98. The van der Waals surface area contributed by atoms with E-state index in [0.717, 1.165) is 75.3 Å². The van der Waals surface area contributed by atoms with Crippen molar-refractivity contribution in [3.05, 3.63) is 106 Å². The number of hydrogen-bond donors (Lipinski definition) is 0. The predicted octanol–water partition coefficient (Wildman–Crippen LogP) is 9.90. The first-order valence-electron chi connectivity index (χ1n) is 22.8. The first-order chi connectivity index (χ1) is 29.0. The van der Waals surface area contributed by atoms with Gasteiger partial charge in [0.05, 0.1) is 24.0 Å². The summed E-state index contributed by atoms with van der Waals surface area (Å²) in [5.41, 5.74) is 6.48. The number of rotatable bonds is 10. The van der Waals surface area contributed by atoms with Gasteiger partial charge in [-0.05, 0) is 145 Å². The van der Waals surface area contributed by atoms with E-state index in [2.05, 4.69) is 89.6 Å². The van der Waals surface area contributed by atoms with Crippen molar-refractivity contribution in [3.63, 3.8) is 0 Å². The molecule has 2 aromatic carbocycles. The maximum atomic E-state index is 14.2. The van der Waals surface area contributed by atoms with Crippen LogP contribution in [0.2, 0.25) is 0 Å². The van der Waals surface area contributed by atoms with Crippen molar-refractivity contribution < 1.29 is 28.7 Å². The normalized spacial score (nSPS) is 28.0. The summed E-state index contributed by atoms with van der Waals surface area (Å²) in [6.45, 7) is 17.6. The number of carbonyl (C=O) groups is 4. The molecule has 4 aliphatic rings. The first kappa shape index (κ1) is 42.8. The van der Waals surface area contributed by atoms with Crippen LogP contribution in [0.25, 0.3) is 0 Å². The molecule has 8 rings (SSSR count). The van der Waals surface area contributed by atoms with Gasteiger partial charge in [-0.3, -0.25) is 28.3 Å². The molecule has 0 N–H and O–H groups in total. The molecule has 0 bridgehead atoms. The number of carbonyl (C=O) groups excluding carboxylic acids is 4. The molecular formula is C51H64N4O6. The zero-order valence-corrected chi connectivity index (χ0v) is 37.5. The highest BCUT2D eigenvalue weighted by Gasteiger charge is 2.57. The minimum Gasteiger partial charge on any atom is -0.465 e. The smallest absolute Gasteiger partial charge is 0.312 e. The first-order valence-corrected chi connectivity index (χ1v) is 22.8. The summed E-state index contributed by atoms with van der Waals surface area (Å²) >= 11 is 0. The number of aromatic nitrogens is 4. The van der Waals surface area contributed by atoms with E-state index in [1.54, 1.807) is 46.6 Å². The Hall–Kier alpha value is -4.86. The summed E-state index contributed by atoms with van der Waals surface area (Å²) in [7, 11) is 0. The number of ether oxygens (including phenoxy) is 2. The average Bonchev–Trinajstić information content (AvgIpc) is 3.98. The molecule has 2 heterocycles. The minimum absolute atomic E-state index is 0.0610. The minimum atomic E-state index is -0.677. The van der Waals surface area contributed by atoms with Crippen LogP contribution in [-0.2, 0) is 42.7 Å². The summed E-state index contributed by atoms with van der Waals surface area (Å²) in [6.07, 6.45) is 18.8. The van der Waals surface area contributed by atoms with E-state index >= 15 is 0 Å². The fourth-order valence-electron chi connectivity index (χ4n) is 12.6. The number of imidazole rings is 2. The second kappa shape index (κ2) is 16.1. The molecule has 324 valence electrons. The van der Waals surface area contributed by atoms with Crippen LogP contribution in [0.1, 0.15) is 179 Å². The Balaban J connectivity index is 0.926. The second-order valence-electron chi connectivity index (χ2n) is 20.2. The number of benzene rings is 2. The molecule has 0 amide bonds. The molecule has 6 unspecified atom stereocenters. The van der Waals surface area contributed by atoms with Crippen molar-refractivity contribution in [2.24, 2.45) is 22.7 Å². The van der Waals surface area contributed by atoms with Gasteiger partial charge in [-0.25, -0.2) is 9.97 Å². The third kappa shape index (κ3) is 7.19. The molecular weight excluding hydrogens is 765 g/mol. The highest BCUT2D eigenvalue weighted by atomic mass is 16.5. The Morgan fingerprint density at radius 2 is 1.05 bits per heavy atom. The van der Waals surface area contributed by atoms with E-state index in [1.165, 1.54) is 22.3 Å². The highest BCUT2D eigenvalue weighted by Crippen LogP contribution is 2.59. The molecule has 10 heteroatoms. The summed E-state index contributed by atoms with van der Waals surface area (Å²) < 4.78 is 15.2. The van der Waals surface area contributed by atoms with Crippen LogP contribution >= 0.6 is 0 Å². The zero-order valence-electron chi connectivity index (χ0n) is 37.5. The van der Waals surface area contributed by atoms with Crippen LogP contribution in [0.15, 0.2) is 61.7 Å². The lowest BCUT2D eigenvalue weighted by Crippen LogP contribution is -2.53. The van der Waals surface area contributed by atoms with Gasteiger partial charge in [0, 0.05) is 42.3 Å². The fraction of sp³-hybridized carbons (Fsp3) is 0.569. The van der Waals surface area contributed by atoms with Gasteiger partial charge in [0.25, 0.3) is 11.8 Å². The Morgan fingerprint density at radius 1 is 0.639 bits per heavy atom. The molecule has 10 nitrogen and oxygen atoms in total. The number of hydrogen-bond acceptors (Lipinski definition) is 8.